The van der Waals surface area contributed by atoms with Crippen LogP contribution in [-0.4, -0.2) is 79.1 Å². The topological polar surface area (TPSA) is 126 Å². The van der Waals surface area contributed by atoms with Crippen LogP contribution in [0.2, 0.25) is 0 Å². The van der Waals surface area contributed by atoms with E-state index in [-0.39, 0.29) is 30.9 Å². The summed E-state index contributed by atoms with van der Waals surface area (Å²) >= 11 is 0. The number of anilines is 1. The number of aliphatic imine (C=N–C) groups is 1. The van der Waals surface area contributed by atoms with E-state index in [2.05, 4.69) is 15.6 Å². The molecule has 0 spiro atoms. The number of unbranched alkanes of at least 4 members (excludes halogenated alkanes) is 1. The molecule has 1 atom stereocenters. The number of carbonyl (C=O) groups is 3. The van der Waals surface area contributed by atoms with Gasteiger partial charge in [0.25, 0.3) is 0 Å². The van der Waals surface area contributed by atoms with Crippen LogP contribution in [-0.2, 0) is 14.3 Å². The molecule has 2 aromatic carbocycles. The third kappa shape index (κ3) is 8.75. The smallest absolute Gasteiger partial charge is 0.413 e. The minimum atomic E-state index is -0.748. The summed E-state index contributed by atoms with van der Waals surface area (Å²) in [7, 11) is 0. The van der Waals surface area contributed by atoms with Crippen molar-refractivity contribution in [3.63, 3.8) is 0 Å². The van der Waals surface area contributed by atoms with Gasteiger partial charge >= 0.3 is 6.09 Å². The van der Waals surface area contributed by atoms with Crippen molar-refractivity contribution >= 4 is 40.5 Å². The number of furan rings is 1. The number of carbonyl (C=O) groups excluding carboxylic acids is 3. The van der Waals surface area contributed by atoms with Gasteiger partial charge in [-0.25, -0.2) is 9.79 Å². The molecule has 234 valence electrons. The van der Waals surface area contributed by atoms with Crippen LogP contribution in [0.4, 0.5) is 10.5 Å². The van der Waals surface area contributed by atoms with Gasteiger partial charge in [0.05, 0.1) is 19.8 Å². The molecule has 44 heavy (non-hydrogen) atoms. The average molecular weight is 604 g/mol. The third-order valence-electron chi connectivity index (χ3n) is 7.73. The van der Waals surface area contributed by atoms with Crippen molar-refractivity contribution in [2.75, 3.05) is 44.7 Å². The van der Waals surface area contributed by atoms with Gasteiger partial charge in [0.2, 0.25) is 17.8 Å². The van der Waals surface area contributed by atoms with E-state index in [1.54, 1.807) is 4.90 Å². The zero-order valence-corrected chi connectivity index (χ0v) is 25.3. The Labute approximate surface area is 257 Å². The molecule has 2 saturated heterocycles. The van der Waals surface area contributed by atoms with Crippen LogP contribution in [0, 0.1) is 6.92 Å². The predicted octanol–water partition coefficient (Wildman–Crippen LogP) is 5.10. The SMILES string of the molecule is Cc1cc2cc(NC(=NC3CCCCN(CC(=O)N4CCCC4)C3=O)NC(=O)OCCCCOc3ccccc3)ccc2o1. The van der Waals surface area contributed by atoms with Gasteiger partial charge in [-0.15, -0.1) is 0 Å². The second kappa shape index (κ2) is 15.3. The van der Waals surface area contributed by atoms with Crippen molar-refractivity contribution in [1.29, 1.82) is 0 Å². The summed E-state index contributed by atoms with van der Waals surface area (Å²) in [6, 6.07) is 16.3. The summed E-state index contributed by atoms with van der Waals surface area (Å²) in [6.45, 7) is 4.63. The fourth-order valence-corrected chi connectivity index (χ4v) is 5.44. The maximum atomic E-state index is 13.6. The molecule has 0 bridgehead atoms. The molecule has 2 aliphatic heterocycles. The number of rotatable bonds is 10. The number of fused-ring (bicyclic) bond motifs is 1. The number of alkyl carbamates (subject to hydrolysis) is 1. The number of para-hydroxylation sites is 1. The van der Waals surface area contributed by atoms with Gasteiger partial charge < -0.3 is 29.0 Å². The lowest BCUT2D eigenvalue weighted by atomic mass is 10.1. The first kappa shape index (κ1) is 30.9. The van der Waals surface area contributed by atoms with Crippen molar-refractivity contribution in [3.05, 3.63) is 60.4 Å². The van der Waals surface area contributed by atoms with E-state index in [0.29, 0.717) is 38.1 Å². The van der Waals surface area contributed by atoms with E-state index in [4.69, 9.17) is 13.9 Å². The molecule has 2 fully saturated rings. The predicted molar refractivity (Wildman–Crippen MR) is 168 cm³/mol. The third-order valence-corrected chi connectivity index (χ3v) is 7.73. The standard InChI is InChI=1S/C33H41N5O6/c1-24-21-25-22-26(14-15-29(25)44-24)34-32(36-33(41)43-20-10-9-19-42-27-11-3-2-4-12-27)35-28-13-5-6-18-38(31(28)40)23-30(39)37-16-7-8-17-37/h2-4,11-12,14-15,21-22,28H,5-10,13,16-20,23H2,1H3,(H2,34,35,36,41). The average Bonchev–Trinajstić information content (AvgIpc) is 3.65. The van der Waals surface area contributed by atoms with Crippen LogP contribution in [0.1, 0.15) is 50.7 Å². The van der Waals surface area contributed by atoms with Crippen LogP contribution in [0.15, 0.2) is 64.0 Å². The monoisotopic (exact) mass is 603 g/mol. The molecule has 3 amide bonds. The number of ether oxygens (including phenoxy) is 2. The largest absolute Gasteiger partial charge is 0.494 e. The van der Waals surface area contributed by atoms with Gasteiger partial charge in [-0.2, -0.15) is 0 Å². The van der Waals surface area contributed by atoms with Gasteiger partial charge in [0.15, 0.2) is 0 Å². The second-order valence-electron chi connectivity index (χ2n) is 11.2. The minimum Gasteiger partial charge on any atom is -0.494 e. The molecular formula is C33H41N5O6. The Kier molecular flexibility index (Phi) is 10.7. The highest BCUT2D eigenvalue weighted by Crippen LogP contribution is 2.23. The number of likely N-dealkylation sites (tertiary alicyclic amines) is 2. The van der Waals surface area contributed by atoms with E-state index in [9.17, 15) is 14.4 Å². The van der Waals surface area contributed by atoms with Gasteiger partial charge in [-0.1, -0.05) is 18.2 Å². The lowest BCUT2D eigenvalue weighted by Gasteiger charge is -2.25. The summed E-state index contributed by atoms with van der Waals surface area (Å²) in [4.78, 5) is 47.3. The van der Waals surface area contributed by atoms with Crippen molar-refractivity contribution < 1.29 is 28.3 Å². The molecule has 11 heteroatoms. The molecule has 3 aromatic rings. The summed E-state index contributed by atoms with van der Waals surface area (Å²) in [5.41, 5.74) is 1.41. The zero-order chi connectivity index (χ0) is 30.7. The molecule has 0 saturated carbocycles. The number of aryl methyl sites for hydroxylation is 1. The number of nitrogens with zero attached hydrogens (tertiary/aromatic N) is 3. The quantitative estimate of drug-likeness (QED) is 0.188. The maximum absolute atomic E-state index is 13.6. The van der Waals surface area contributed by atoms with Crippen molar-refractivity contribution in [3.8, 4) is 5.75 Å². The van der Waals surface area contributed by atoms with Gasteiger partial charge in [-0.3, -0.25) is 14.9 Å². The van der Waals surface area contributed by atoms with Crippen molar-refractivity contribution in [1.82, 2.24) is 15.1 Å². The Morgan fingerprint density at radius 1 is 0.977 bits per heavy atom. The Bertz CT molecular complexity index is 1450. The zero-order valence-electron chi connectivity index (χ0n) is 25.3. The first-order valence-corrected chi connectivity index (χ1v) is 15.5. The fraction of sp³-hybridized carbons (Fsp3) is 0.455. The van der Waals surface area contributed by atoms with Crippen LogP contribution >= 0.6 is 0 Å². The van der Waals surface area contributed by atoms with Crippen LogP contribution in [0.3, 0.4) is 0 Å². The van der Waals surface area contributed by atoms with E-state index in [1.807, 2.05) is 66.4 Å². The molecular weight excluding hydrogens is 562 g/mol. The molecule has 1 aromatic heterocycles. The molecule has 0 aliphatic carbocycles. The first-order chi connectivity index (χ1) is 21.4. The van der Waals surface area contributed by atoms with Crippen LogP contribution in [0.5, 0.6) is 5.75 Å². The minimum absolute atomic E-state index is 0.0293. The maximum Gasteiger partial charge on any atom is 0.413 e. The van der Waals surface area contributed by atoms with E-state index in [1.165, 1.54) is 0 Å². The number of hydrogen-bond acceptors (Lipinski definition) is 7. The van der Waals surface area contributed by atoms with Gasteiger partial charge in [0.1, 0.15) is 23.1 Å². The first-order valence-electron chi connectivity index (χ1n) is 15.5. The Morgan fingerprint density at radius 3 is 2.57 bits per heavy atom. The van der Waals surface area contributed by atoms with E-state index in [0.717, 1.165) is 61.3 Å². The number of hydrogen-bond donors (Lipinski definition) is 2. The summed E-state index contributed by atoms with van der Waals surface area (Å²) in [5.74, 6) is 1.44. The van der Waals surface area contributed by atoms with Crippen molar-refractivity contribution in [2.24, 2.45) is 4.99 Å². The van der Waals surface area contributed by atoms with Gasteiger partial charge in [0, 0.05) is 30.7 Å². The second-order valence-corrected chi connectivity index (χ2v) is 11.2. The normalized spacial score (nSPS) is 17.4. The number of amides is 3. The molecule has 3 heterocycles. The number of benzene rings is 2. The van der Waals surface area contributed by atoms with E-state index < -0.39 is 12.1 Å². The highest BCUT2D eigenvalue weighted by Gasteiger charge is 2.30. The van der Waals surface area contributed by atoms with Crippen molar-refractivity contribution in [2.45, 2.75) is 57.9 Å². The summed E-state index contributed by atoms with van der Waals surface area (Å²) in [6.07, 6.45) is 4.72. The number of guanidine groups is 1. The molecule has 11 nitrogen and oxygen atoms in total. The molecule has 2 aliphatic rings. The molecule has 2 N–H and O–H groups in total. The fourth-order valence-electron chi connectivity index (χ4n) is 5.44. The highest BCUT2D eigenvalue weighted by atomic mass is 16.5. The lowest BCUT2D eigenvalue weighted by molar-refractivity contribution is -0.140. The van der Waals surface area contributed by atoms with Crippen LogP contribution < -0.4 is 15.4 Å². The van der Waals surface area contributed by atoms with E-state index >= 15 is 0 Å². The lowest BCUT2D eigenvalue weighted by Crippen LogP contribution is -2.45. The van der Waals surface area contributed by atoms with Crippen LogP contribution in [0.25, 0.3) is 11.0 Å². The summed E-state index contributed by atoms with van der Waals surface area (Å²) < 4.78 is 16.8. The molecule has 5 rings (SSSR count). The summed E-state index contributed by atoms with van der Waals surface area (Å²) in [5, 5.41) is 6.75. The molecule has 1 unspecified atom stereocenters. The Hall–Kier alpha value is -4.54. The highest BCUT2D eigenvalue weighted by molar-refractivity contribution is 6.04. The Balaban J connectivity index is 1.23. The van der Waals surface area contributed by atoms with Gasteiger partial charge in [-0.05, 0) is 88.3 Å². The Morgan fingerprint density at radius 2 is 1.75 bits per heavy atom. The number of nitrogens with one attached hydrogen (secondary N) is 2. The molecule has 0 radical (unpaired) electrons.